The predicted octanol–water partition coefficient (Wildman–Crippen LogP) is 3.16. The van der Waals surface area contributed by atoms with Gasteiger partial charge in [-0.25, -0.2) is 13.2 Å². The highest BCUT2D eigenvalue weighted by Crippen LogP contribution is 2.22. The van der Waals surface area contributed by atoms with Crippen molar-refractivity contribution in [3.63, 3.8) is 0 Å². The summed E-state index contributed by atoms with van der Waals surface area (Å²) in [6, 6.07) is 3.85. The minimum Gasteiger partial charge on any atom is -0.367 e. The molecular weight excluding hydrogens is 283 g/mol. The van der Waals surface area contributed by atoms with Gasteiger partial charge in [-0.15, -0.1) is 0 Å². The van der Waals surface area contributed by atoms with Gasteiger partial charge in [0.15, 0.2) is 5.78 Å². The summed E-state index contributed by atoms with van der Waals surface area (Å²) >= 11 is 0. The molecule has 0 saturated carbocycles. The average molecular weight is 296 g/mol. The van der Waals surface area contributed by atoms with E-state index in [0.717, 1.165) is 6.07 Å². The molecule has 0 heterocycles. The summed E-state index contributed by atoms with van der Waals surface area (Å²) in [6.07, 6.45) is -4.05. The summed E-state index contributed by atoms with van der Waals surface area (Å²) in [5, 5.41) is 0. The van der Waals surface area contributed by atoms with Gasteiger partial charge in [0.1, 0.15) is 19.0 Å². The van der Waals surface area contributed by atoms with Gasteiger partial charge in [0.2, 0.25) is 0 Å². The molecule has 0 spiro atoms. The third kappa shape index (κ3) is 4.88. The molecule has 0 aliphatic heterocycles. The van der Waals surface area contributed by atoms with Crippen molar-refractivity contribution in [3.8, 4) is 0 Å². The van der Waals surface area contributed by atoms with Gasteiger partial charge in [0, 0.05) is 6.42 Å². The first kappa shape index (κ1) is 16.6. The van der Waals surface area contributed by atoms with Crippen LogP contribution in [0.4, 0.5) is 22.0 Å². The highest BCUT2D eigenvalue weighted by Gasteiger charge is 2.41. The molecule has 0 radical (unpaired) electrons. The van der Waals surface area contributed by atoms with Crippen LogP contribution in [-0.4, -0.2) is 31.3 Å². The van der Waals surface area contributed by atoms with E-state index in [-0.39, 0.29) is 6.42 Å². The molecule has 2 nitrogen and oxygen atoms in total. The maximum Gasteiger partial charge on any atom is 0.330 e. The molecule has 0 aromatic heterocycles. The Bertz CT molecular complexity index is 474. The van der Waals surface area contributed by atoms with Crippen LogP contribution in [0, 0.1) is 12.7 Å². The Kier molecular flexibility index (Phi) is 5.62. The lowest BCUT2D eigenvalue weighted by atomic mass is 10.0. The molecule has 112 valence electrons. The lowest BCUT2D eigenvalue weighted by Crippen LogP contribution is -2.33. The number of hydrogen-bond acceptors (Lipinski definition) is 2. The molecule has 0 fully saturated rings. The topological polar surface area (TPSA) is 26.3 Å². The SMILES string of the molecule is Cc1ccc(F)cc1CC(=O)COCC(F)(F)C(F)F. The van der Waals surface area contributed by atoms with E-state index in [4.69, 9.17) is 0 Å². The van der Waals surface area contributed by atoms with Gasteiger partial charge < -0.3 is 4.74 Å². The van der Waals surface area contributed by atoms with Crippen LogP contribution in [0.15, 0.2) is 18.2 Å². The maximum atomic E-state index is 13.0. The van der Waals surface area contributed by atoms with Crippen molar-refractivity contribution in [1.29, 1.82) is 0 Å². The smallest absolute Gasteiger partial charge is 0.330 e. The van der Waals surface area contributed by atoms with E-state index in [1.54, 1.807) is 6.92 Å². The molecule has 0 aliphatic carbocycles. The zero-order chi connectivity index (χ0) is 15.3. The first-order valence-corrected chi connectivity index (χ1v) is 5.73. The molecule has 0 N–H and O–H groups in total. The van der Waals surface area contributed by atoms with E-state index in [1.165, 1.54) is 12.1 Å². The van der Waals surface area contributed by atoms with Crippen molar-refractivity contribution in [2.45, 2.75) is 25.7 Å². The largest absolute Gasteiger partial charge is 0.367 e. The second-order valence-corrected chi connectivity index (χ2v) is 4.34. The number of alkyl halides is 4. The standard InChI is InChI=1S/C13H13F5O2/c1-8-2-3-10(14)4-9(8)5-11(19)6-20-7-13(17,18)12(15)16/h2-4,12H,5-7H2,1H3. The lowest BCUT2D eigenvalue weighted by molar-refractivity contribution is -0.168. The van der Waals surface area contributed by atoms with E-state index in [0.29, 0.717) is 11.1 Å². The van der Waals surface area contributed by atoms with Gasteiger partial charge in [-0.2, -0.15) is 8.78 Å². The second kappa shape index (κ2) is 6.78. The van der Waals surface area contributed by atoms with Crippen LogP contribution in [0.2, 0.25) is 0 Å². The Hall–Kier alpha value is -1.50. The van der Waals surface area contributed by atoms with Crippen molar-refractivity contribution in [2.75, 3.05) is 13.2 Å². The Morgan fingerprint density at radius 3 is 2.60 bits per heavy atom. The number of aryl methyl sites for hydroxylation is 1. The van der Waals surface area contributed by atoms with Gasteiger partial charge in [-0.1, -0.05) is 6.07 Å². The third-order valence-electron chi connectivity index (χ3n) is 2.58. The molecule has 20 heavy (non-hydrogen) atoms. The molecule has 0 unspecified atom stereocenters. The molecule has 0 amide bonds. The van der Waals surface area contributed by atoms with E-state index < -0.39 is 37.2 Å². The Morgan fingerprint density at radius 2 is 2.00 bits per heavy atom. The van der Waals surface area contributed by atoms with Gasteiger partial charge >= 0.3 is 12.3 Å². The minimum absolute atomic E-state index is 0.205. The molecule has 0 atom stereocenters. The number of hydrogen-bond donors (Lipinski definition) is 0. The van der Waals surface area contributed by atoms with Gasteiger partial charge in [-0.05, 0) is 30.2 Å². The summed E-state index contributed by atoms with van der Waals surface area (Å²) in [7, 11) is 0. The summed E-state index contributed by atoms with van der Waals surface area (Å²) in [4.78, 5) is 11.5. The van der Waals surface area contributed by atoms with Crippen molar-refractivity contribution in [3.05, 3.63) is 35.1 Å². The van der Waals surface area contributed by atoms with E-state index in [9.17, 15) is 26.7 Å². The number of halogens is 5. The van der Waals surface area contributed by atoms with Crippen LogP contribution in [0.1, 0.15) is 11.1 Å². The van der Waals surface area contributed by atoms with Crippen LogP contribution < -0.4 is 0 Å². The normalized spacial score (nSPS) is 11.9. The van der Waals surface area contributed by atoms with Crippen molar-refractivity contribution < 1.29 is 31.5 Å². The van der Waals surface area contributed by atoms with E-state index >= 15 is 0 Å². The average Bonchev–Trinajstić information content (AvgIpc) is 2.33. The molecule has 1 aromatic carbocycles. The Labute approximate surface area is 112 Å². The highest BCUT2D eigenvalue weighted by molar-refractivity contribution is 5.82. The fourth-order valence-corrected chi connectivity index (χ4v) is 1.46. The fourth-order valence-electron chi connectivity index (χ4n) is 1.46. The molecule has 1 aromatic rings. The number of carbonyl (C=O) groups excluding carboxylic acids is 1. The number of ether oxygens (including phenoxy) is 1. The van der Waals surface area contributed by atoms with E-state index in [2.05, 4.69) is 4.74 Å². The molecule has 1 rings (SSSR count). The van der Waals surface area contributed by atoms with Gasteiger partial charge in [-0.3, -0.25) is 4.79 Å². The second-order valence-electron chi connectivity index (χ2n) is 4.34. The molecule has 0 bridgehead atoms. The molecular formula is C13H13F5O2. The minimum atomic E-state index is -4.28. The number of carbonyl (C=O) groups is 1. The lowest BCUT2D eigenvalue weighted by Gasteiger charge is -2.14. The van der Waals surface area contributed by atoms with Crippen LogP contribution in [0.25, 0.3) is 0 Å². The highest BCUT2D eigenvalue weighted by atomic mass is 19.3. The zero-order valence-electron chi connectivity index (χ0n) is 10.6. The Balaban J connectivity index is 2.47. The number of rotatable bonds is 7. The van der Waals surface area contributed by atoms with Crippen LogP contribution in [0.3, 0.4) is 0 Å². The molecule has 0 saturated heterocycles. The quantitative estimate of drug-likeness (QED) is 0.722. The number of ketones is 1. The Morgan fingerprint density at radius 1 is 1.35 bits per heavy atom. The van der Waals surface area contributed by atoms with E-state index in [1.807, 2.05) is 0 Å². The van der Waals surface area contributed by atoms with Gasteiger partial charge in [0.05, 0.1) is 0 Å². The van der Waals surface area contributed by atoms with Crippen LogP contribution >= 0.6 is 0 Å². The molecule has 0 aliphatic rings. The first-order valence-electron chi connectivity index (χ1n) is 5.73. The first-order chi connectivity index (χ1) is 9.22. The van der Waals surface area contributed by atoms with Crippen molar-refractivity contribution in [1.82, 2.24) is 0 Å². The maximum absolute atomic E-state index is 13.0. The number of Topliss-reactive ketones (excluding diaryl/α,β-unsaturated/α-hetero) is 1. The number of benzene rings is 1. The third-order valence-corrected chi connectivity index (χ3v) is 2.58. The van der Waals surface area contributed by atoms with Gasteiger partial charge in [0.25, 0.3) is 0 Å². The van der Waals surface area contributed by atoms with Crippen molar-refractivity contribution >= 4 is 5.78 Å². The monoisotopic (exact) mass is 296 g/mol. The van der Waals surface area contributed by atoms with Crippen LogP contribution in [0.5, 0.6) is 0 Å². The van der Waals surface area contributed by atoms with Crippen molar-refractivity contribution in [2.24, 2.45) is 0 Å². The molecule has 7 heteroatoms. The van der Waals surface area contributed by atoms with Crippen LogP contribution in [-0.2, 0) is 16.0 Å². The fraction of sp³-hybridized carbons (Fsp3) is 0.462. The summed E-state index contributed by atoms with van der Waals surface area (Å²) in [6.45, 7) is -0.593. The summed E-state index contributed by atoms with van der Waals surface area (Å²) in [5.41, 5.74) is 1.07. The summed E-state index contributed by atoms with van der Waals surface area (Å²) < 4.78 is 65.9. The zero-order valence-corrected chi connectivity index (χ0v) is 10.6. The predicted molar refractivity (Wildman–Crippen MR) is 61.6 cm³/mol. The summed E-state index contributed by atoms with van der Waals surface area (Å²) in [5.74, 6) is -5.40.